The summed E-state index contributed by atoms with van der Waals surface area (Å²) in [5.74, 6) is 1.87. The van der Waals surface area contributed by atoms with Crippen molar-refractivity contribution in [3.05, 3.63) is 29.8 Å². The minimum absolute atomic E-state index is 0. The number of nitrogens with zero attached hydrogens (tertiary/aromatic N) is 3. The molecule has 1 heterocycles. The third-order valence-corrected chi connectivity index (χ3v) is 5.46. The zero-order valence-corrected chi connectivity index (χ0v) is 22.1. The normalized spacial score (nSPS) is 16.2. The average molecular weight is 549 g/mol. The van der Waals surface area contributed by atoms with Crippen LogP contribution in [-0.4, -0.2) is 89.6 Å². The fourth-order valence-electron chi connectivity index (χ4n) is 3.68. The van der Waals surface area contributed by atoms with E-state index in [2.05, 4.69) is 48.3 Å². The van der Waals surface area contributed by atoms with Crippen molar-refractivity contribution in [2.24, 2.45) is 4.99 Å². The van der Waals surface area contributed by atoms with Gasteiger partial charge in [-0.3, -0.25) is 4.99 Å². The second-order valence-corrected chi connectivity index (χ2v) is 7.85. The second-order valence-electron chi connectivity index (χ2n) is 7.85. The van der Waals surface area contributed by atoms with Crippen LogP contribution in [0.3, 0.4) is 0 Å². The van der Waals surface area contributed by atoms with Crippen LogP contribution < -0.4 is 10.1 Å². The molecule has 1 atom stereocenters. The lowest BCUT2D eigenvalue weighted by atomic mass is 10.1. The number of likely N-dealkylation sites (N-methyl/N-ethyl adjacent to an activating group) is 1. The van der Waals surface area contributed by atoms with Crippen LogP contribution in [0.4, 0.5) is 0 Å². The third-order valence-electron chi connectivity index (χ3n) is 5.46. The van der Waals surface area contributed by atoms with Crippen LogP contribution >= 0.6 is 24.0 Å². The van der Waals surface area contributed by atoms with E-state index in [1.165, 1.54) is 5.56 Å². The number of hydrogen-bond donors (Lipinski definition) is 1. The Bertz CT molecular complexity index is 620. The van der Waals surface area contributed by atoms with E-state index in [1.54, 1.807) is 14.2 Å². The molecule has 0 spiro atoms. The summed E-state index contributed by atoms with van der Waals surface area (Å²) in [4.78, 5) is 9.57. The fourth-order valence-corrected chi connectivity index (χ4v) is 3.68. The third kappa shape index (κ3) is 9.51. The summed E-state index contributed by atoms with van der Waals surface area (Å²) in [6.45, 7) is 7.16. The van der Waals surface area contributed by atoms with Gasteiger partial charge in [0, 0.05) is 40.0 Å². The van der Waals surface area contributed by atoms with Crippen LogP contribution in [0.25, 0.3) is 0 Å². The lowest BCUT2D eigenvalue weighted by Crippen LogP contribution is -2.47. The van der Waals surface area contributed by atoms with E-state index >= 15 is 0 Å². The average Bonchev–Trinajstić information content (AvgIpc) is 2.77. The van der Waals surface area contributed by atoms with Crippen LogP contribution in [0.2, 0.25) is 0 Å². The predicted molar refractivity (Wildman–Crippen MR) is 138 cm³/mol. The standard InChI is InChI=1S/C23H40N4O3.HI/c1-6-24-23(27-14-12-21(13-15-27)30-17-7-16-28-4)25-18-22(26(2)3)19-8-10-20(29-5)11-9-19;/h8-11,21-22H,6-7,12-18H2,1-5H3,(H,24,25);1H. The highest BCUT2D eigenvalue weighted by Gasteiger charge is 2.22. The topological polar surface area (TPSA) is 58.6 Å². The lowest BCUT2D eigenvalue weighted by molar-refractivity contribution is 0.00989. The number of halogens is 1. The molecule has 1 fully saturated rings. The second kappa shape index (κ2) is 15.7. The van der Waals surface area contributed by atoms with Crippen LogP contribution in [0.15, 0.2) is 29.3 Å². The molecule has 1 N–H and O–H groups in total. The Labute approximate surface area is 205 Å². The van der Waals surface area contributed by atoms with Gasteiger partial charge in [-0.2, -0.15) is 0 Å². The molecule has 0 saturated carbocycles. The van der Waals surface area contributed by atoms with Crippen molar-refractivity contribution in [1.29, 1.82) is 0 Å². The van der Waals surface area contributed by atoms with Crippen LogP contribution in [0.5, 0.6) is 5.75 Å². The van der Waals surface area contributed by atoms with Gasteiger partial charge in [-0.05, 0) is 58.0 Å². The number of guanidine groups is 1. The van der Waals surface area contributed by atoms with Crippen molar-refractivity contribution in [2.45, 2.75) is 38.3 Å². The van der Waals surface area contributed by atoms with Gasteiger partial charge in [0.05, 0.1) is 25.8 Å². The van der Waals surface area contributed by atoms with E-state index in [9.17, 15) is 0 Å². The van der Waals surface area contributed by atoms with Gasteiger partial charge in [0.15, 0.2) is 5.96 Å². The lowest BCUT2D eigenvalue weighted by Gasteiger charge is -2.34. The molecule has 31 heavy (non-hydrogen) atoms. The monoisotopic (exact) mass is 548 g/mol. The summed E-state index contributed by atoms with van der Waals surface area (Å²) < 4.78 is 16.4. The summed E-state index contributed by atoms with van der Waals surface area (Å²) in [5.41, 5.74) is 1.24. The molecule has 7 nitrogen and oxygen atoms in total. The van der Waals surface area contributed by atoms with E-state index in [1.807, 2.05) is 12.1 Å². The first kappa shape index (κ1) is 27.9. The number of methoxy groups -OCH3 is 2. The molecule has 1 unspecified atom stereocenters. The molecule has 1 aromatic rings. The zero-order chi connectivity index (χ0) is 21.8. The maximum Gasteiger partial charge on any atom is 0.193 e. The Morgan fingerprint density at radius 1 is 1.16 bits per heavy atom. The molecule has 0 aliphatic carbocycles. The molecular weight excluding hydrogens is 507 g/mol. The molecule has 1 saturated heterocycles. The van der Waals surface area contributed by atoms with E-state index in [4.69, 9.17) is 19.2 Å². The Hall–Kier alpha value is -1.10. The van der Waals surface area contributed by atoms with E-state index in [0.717, 1.165) is 63.8 Å². The van der Waals surface area contributed by atoms with Gasteiger partial charge < -0.3 is 29.3 Å². The Morgan fingerprint density at radius 3 is 2.39 bits per heavy atom. The summed E-state index contributed by atoms with van der Waals surface area (Å²) in [5, 5.41) is 3.47. The number of aliphatic imine (C=N–C) groups is 1. The number of benzene rings is 1. The summed E-state index contributed by atoms with van der Waals surface area (Å²) in [6, 6.07) is 8.48. The van der Waals surface area contributed by atoms with E-state index < -0.39 is 0 Å². The van der Waals surface area contributed by atoms with Gasteiger partial charge >= 0.3 is 0 Å². The molecule has 0 amide bonds. The van der Waals surface area contributed by atoms with Gasteiger partial charge in [0.1, 0.15) is 5.75 Å². The molecule has 178 valence electrons. The van der Waals surface area contributed by atoms with Crippen molar-refractivity contribution in [2.75, 3.05) is 67.7 Å². The molecular formula is C23H41IN4O3. The van der Waals surface area contributed by atoms with Crippen molar-refractivity contribution in [3.8, 4) is 5.75 Å². The van der Waals surface area contributed by atoms with Gasteiger partial charge in [0.25, 0.3) is 0 Å². The Morgan fingerprint density at radius 2 is 1.84 bits per heavy atom. The molecule has 1 aliphatic heterocycles. The number of ether oxygens (including phenoxy) is 3. The van der Waals surface area contributed by atoms with Crippen molar-refractivity contribution >= 4 is 29.9 Å². The van der Waals surface area contributed by atoms with Crippen molar-refractivity contribution in [3.63, 3.8) is 0 Å². The highest BCUT2D eigenvalue weighted by atomic mass is 127. The van der Waals surface area contributed by atoms with Crippen LogP contribution in [0.1, 0.15) is 37.8 Å². The molecule has 8 heteroatoms. The van der Waals surface area contributed by atoms with Crippen molar-refractivity contribution < 1.29 is 14.2 Å². The SMILES string of the molecule is CCNC(=NCC(c1ccc(OC)cc1)N(C)C)N1CCC(OCCCOC)CC1.I. The summed E-state index contributed by atoms with van der Waals surface area (Å²) in [6.07, 6.45) is 3.37. The predicted octanol–water partition coefficient (Wildman–Crippen LogP) is 3.40. The highest BCUT2D eigenvalue weighted by molar-refractivity contribution is 14.0. The minimum Gasteiger partial charge on any atom is -0.497 e. The highest BCUT2D eigenvalue weighted by Crippen LogP contribution is 2.22. The molecule has 1 aliphatic rings. The quantitative estimate of drug-likeness (QED) is 0.198. The maximum absolute atomic E-state index is 6.00. The number of likely N-dealkylation sites (tertiary alicyclic amines) is 1. The first-order valence-corrected chi connectivity index (χ1v) is 11.0. The van der Waals surface area contributed by atoms with Gasteiger partial charge in [-0.15, -0.1) is 24.0 Å². The molecule has 0 aromatic heterocycles. The Balaban J connectivity index is 0.00000480. The summed E-state index contributed by atoms with van der Waals surface area (Å²) in [7, 11) is 7.63. The van der Waals surface area contributed by atoms with E-state index in [0.29, 0.717) is 12.6 Å². The Kier molecular flexibility index (Phi) is 14.1. The number of piperidine rings is 1. The van der Waals surface area contributed by atoms with Crippen LogP contribution in [-0.2, 0) is 9.47 Å². The fraction of sp³-hybridized carbons (Fsp3) is 0.696. The van der Waals surface area contributed by atoms with Gasteiger partial charge in [-0.1, -0.05) is 12.1 Å². The molecule has 1 aromatic carbocycles. The first-order chi connectivity index (χ1) is 14.6. The summed E-state index contributed by atoms with van der Waals surface area (Å²) >= 11 is 0. The molecule has 0 bridgehead atoms. The van der Waals surface area contributed by atoms with Gasteiger partial charge in [-0.25, -0.2) is 0 Å². The number of nitrogens with one attached hydrogen (secondary N) is 1. The van der Waals surface area contributed by atoms with E-state index in [-0.39, 0.29) is 30.0 Å². The molecule has 0 radical (unpaired) electrons. The smallest absolute Gasteiger partial charge is 0.193 e. The zero-order valence-electron chi connectivity index (χ0n) is 19.8. The minimum atomic E-state index is 0. The molecule has 2 rings (SSSR count). The largest absolute Gasteiger partial charge is 0.497 e. The number of hydrogen-bond acceptors (Lipinski definition) is 5. The maximum atomic E-state index is 6.00. The number of rotatable bonds is 11. The van der Waals surface area contributed by atoms with Gasteiger partial charge in [0.2, 0.25) is 0 Å². The van der Waals surface area contributed by atoms with Crippen LogP contribution in [0, 0.1) is 0 Å². The first-order valence-electron chi connectivity index (χ1n) is 11.0. The van der Waals surface area contributed by atoms with Crippen molar-refractivity contribution in [1.82, 2.24) is 15.1 Å².